The number of thiophene rings is 1. The van der Waals surface area contributed by atoms with Crippen LogP contribution in [0.2, 0.25) is 0 Å². The molecule has 0 aromatic carbocycles. The Bertz CT molecular complexity index is 916. The van der Waals surface area contributed by atoms with Crippen molar-refractivity contribution in [2.24, 2.45) is 0 Å². The van der Waals surface area contributed by atoms with Crippen LogP contribution in [-0.2, 0) is 20.8 Å². The van der Waals surface area contributed by atoms with E-state index in [9.17, 15) is 19.2 Å². The summed E-state index contributed by atoms with van der Waals surface area (Å²) in [6.07, 6.45) is 1.89. The Balaban J connectivity index is 2.39. The number of carboxylic acid groups (broad SMARTS) is 1. The number of carbonyl (C=O) groups excluding carboxylic acids is 3. The van der Waals surface area contributed by atoms with Gasteiger partial charge in [-0.2, -0.15) is 5.10 Å². The smallest absolute Gasteiger partial charge is 0.348 e. The van der Waals surface area contributed by atoms with E-state index in [0.29, 0.717) is 12.0 Å². The molecule has 2 aromatic rings. The van der Waals surface area contributed by atoms with E-state index in [2.05, 4.69) is 10.4 Å². The lowest BCUT2D eigenvalue weighted by molar-refractivity contribution is -0.137. The lowest BCUT2D eigenvalue weighted by atomic mass is 10.1. The van der Waals surface area contributed by atoms with Crippen molar-refractivity contribution in [2.45, 2.75) is 26.8 Å². The van der Waals surface area contributed by atoms with Crippen LogP contribution in [0.25, 0.3) is 0 Å². The minimum atomic E-state index is -1.17. The summed E-state index contributed by atoms with van der Waals surface area (Å²) in [4.78, 5) is 48.1. The maximum absolute atomic E-state index is 12.6. The second-order valence-corrected chi connectivity index (χ2v) is 6.63. The van der Waals surface area contributed by atoms with Crippen molar-refractivity contribution < 1.29 is 33.8 Å². The molecule has 1 amide bonds. The third-order valence-electron chi connectivity index (χ3n) is 3.62. The van der Waals surface area contributed by atoms with Gasteiger partial charge in [-0.3, -0.25) is 9.59 Å². The van der Waals surface area contributed by atoms with Gasteiger partial charge >= 0.3 is 17.9 Å². The Morgan fingerprint density at radius 2 is 2.00 bits per heavy atom. The lowest BCUT2D eigenvalue weighted by Crippen LogP contribution is -2.21. The number of carbonyl (C=O) groups is 4. The number of hydrogen-bond acceptors (Lipinski definition) is 8. The van der Waals surface area contributed by atoms with Gasteiger partial charge in [0.2, 0.25) is 0 Å². The lowest BCUT2D eigenvalue weighted by Gasteiger charge is -2.08. The number of methoxy groups -OCH3 is 1. The molecule has 2 heterocycles. The topological polar surface area (TPSA) is 137 Å². The van der Waals surface area contributed by atoms with Gasteiger partial charge in [-0.25, -0.2) is 14.3 Å². The molecule has 0 bridgehead atoms. The molecule has 0 aliphatic heterocycles. The molecule has 2 rings (SSSR count). The minimum absolute atomic E-state index is 0.0130. The standard InChI is InChI=1S/C17H19N3O7S/c1-4-7-27-16(24)12-9(2)13(17(25)26-3)28-15(12)19-14(23)10-5-6-18-20(10)8-11(21)22/h5-6H,4,7-8H2,1-3H3,(H,19,23)(H,21,22). The van der Waals surface area contributed by atoms with E-state index < -0.39 is 30.4 Å². The summed E-state index contributed by atoms with van der Waals surface area (Å²) in [6.45, 7) is 3.06. The highest BCUT2D eigenvalue weighted by atomic mass is 32.1. The number of nitrogens with zero attached hydrogens (tertiary/aromatic N) is 2. The van der Waals surface area contributed by atoms with Gasteiger partial charge in [0.1, 0.15) is 22.1 Å². The van der Waals surface area contributed by atoms with Gasteiger partial charge in [0, 0.05) is 6.20 Å². The number of esters is 2. The van der Waals surface area contributed by atoms with Crippen LogP contribution in [0.4, 0.5) is 5.00 Å². The van der Waals surface area contributed by atoms with Gasteiger partial charge in [-0.1, -0.05) is 6.92 Å². The molecule has 0 spiro atoms. The van der Waals surface area contributed by atoms with E-state index in [4.69, 9.17) is 14.6 Å². The highest BCUT2D eigenvalue weighted by Crippen LogP contribution is 2.34. The number of nitrogens with one attached hydrogen (secondary N) is 1. The third-order valence-corrected chi connectivity index (χ3v) is 4.81. The first kappa shape index (κ1) is 21.1. The van der Waals surface area contributed by atoms with E-state index in [1.165, 1.54) is 19.4 Å². The molecule has 28 heavy (non-hydrogen) atoms. The number of anilines is 1. The summed E-state index contributed by atoms with van der Waals surface area (Å²) in [5.74, 6) is -3.17. The summed E-state index contributed by atoms with van der Waals surface area (Å²) in [7, 11) is 1.21. The van der Waals surface area contributed by atoms with Gasteiger partial charge in [0.25, 0.3) is 5.91 Å². The van der Waals surface area contributed by atoms with Crippen LogP contribution in [0, 0.1) is 6.92 Å². The average molecular weight is 409 g/mol. The fourth-order valence-corrected chi connectivity index (χ4v) is 3.46. The molecule has 0 saturated carbocycles. The Labute approximate surface area is 164 Å². The molecule has 0 aliphatic rings. The molecule has 0 aliphatic carbocycles. The highest BCUT2D eigenvalue weighted by molar-refractivity contribution is 7.18. The third kappa shape index (κ3) is 4.55. The zero-order valence-electron chi connectivity index (χ0n) is 15.5. The molecule has 0 atom stereocenters. The van der Waals surface area contributed by atoms with Crippen molar-refractivity contribution >= 4 is 40.2 Å². The van der Waals surface area contributed by atoms with Crippen LogP contribution >= 0.6 is 11.3 Å². The summed E-state index contributed by atoms with van der Waals surface area (Å²) >= 11 is 0.873. The van der Waals surface area contributed by atoms with Crippen LogP contribution in [0.5, 0.6) is 0 Å². The zero-order valence-corrected chi connectivity index (χ0v) is 16.3. The molecular weight excluding hydrogens is 390 g/mol. The SMILES string of the molecule is CCCOC(=O)c1c(NC(=O)c2ccnn2CC(=O)O)sc(C(=O)OC)c1C. The molecule has 10 nitrogen and oxygen atoms in total. The first-order valence-corrected chi connectivity index (χ1v) is 9.05. The molecule has 0 radical (unpaired) electrons. The van der Waals surface area contributed by atoms with Crippen molar-refractivity contribution in [3.05, 3.63) is 34.0 Å². The van der Waals surface area contributed by atoms with Crippen LogP contribution in [-0.4, -0.2) is 52.4 Å². The van der Waals surface area contributed by atoms with Crippen LogP contribution in [0.15, 0.2) is 12.3 Å². The summed E-state index contributed by atoms with van der Waals surface area (Å²) < 4.78 is 10.9. The van der Waals surface area contributed by atoms with Crippen molar-refractivity contribution in [3.8, 4) is 0 Å². The molecule has 0 fully saturated rings. The predicted octanol–water partition coefficient (Wildman–Crippen LogP) is 1.94. The molecule has 0 unspecified atom stereocenters. The second-order valence-electron chi connectivity index (χ2n) is 5.61. The number of aliphatic carboxylic acids is 1. The Hall–Kier alpha value is -3.21. The number of ether oxygens (including phenoxy) is 2. The Morgan fingerprint density at radius 3 is 2.61 bits per heavy atom. The first-order valence-electron chi connectivity index (χ1n) is 8.23. The monoisotopic (exact) mass is 409 g/mol. The number of amides is 1. The average Bonchev–Trinajstić information content (AvgIpc) is 3.23. The molecule has 2 N–H and O–H groups in total. The maximum Gasteiger partial charge on any atom is 0.348 e. The van der Waals surface area contributed by atoms with Crippen LogP contribution in [0.1, 0.15) is 49.4 Å². The van der Waals surface area contributed by atoms with Gasteiger partial charge in [0.15, 0.2) is 0 Å². The number of rotatable bonds is 8. The van der Waals surface area contributed by atoms with E-state index >= 15 is 0 Å². The zero-order chi connectivity index (χ0) is 20.8. The van der Waals surface area contributed by atoms with Gasteiger partial charge < -0.3 is 19.9 Å². The van der Waals surface area contributed by atoms with Crippen molar-refractivity contribution in [1.82, 2.24) is 9.78 Å². The molecule has 150 valence electrons. The molecular formula is C17H19N3O7S. The summed E-state index contributed by atoms with van der Waals surface area (Å²) in [6, 6.07) is 1.34. The summed E-state index contributed by atoms with van der Waals surface area (Å²) in [5, 5.41) is 15.3. The normalized spacial score (nSPS) is 10.4. The van der Waals surface area contributed by atoms with Gasteiger partial charge in [-0.15, -0.1) is 11.3 Å². The maximum atomic E-state index is 12.6. The molecule has 0 saturated heterocycles. The van der Waals surface area contributed by atoms with E-state index in [-0.39, 0.29) is 27.7 Å². The van der Waals surface area contributed by atoms with Crippen molar-refractivity contribution in [1.29, 1.82) is 0 Å². The van der Waals surface area contributed by atoms with Crippen LogP contribution in [0.3, 0.4) is 0 Å². The highest BCUT2D eigenvalue weighted by Gasteiger charge is 2.28. The van der Waals surface area contributed by atoms with Crippen LogP contribution < -0.4 is 5.32 Å². The van der Waals surface area contributed by atoms with E-state index in [0.717, 1.165) is 16.0 Å². The van der Waals surface area contributed by atoms with Gasteiger partial charge in [-0.05, 0) is 25.0 Å². The van der Waals surface area contributed by atoms with E-state index in [1.807, 2.05) is 6.92 Å². The second kappa shape index (κ2) is 9.13. The summed E-state index contributed by atoms with van der Waals surface area (Å²) in [5.41, 5.74) is 0.366. The van der Waals surface area contributed by atoms with Crippen molar-refractivity contribution in [2.75, 3.05) is 19.0 Å². The number of carboxylic acids is 1. The quantitative estimate of drug-likeness (QED) is 0.631. The largest absolute Gasteiger partial charge is 0.480 e. The predicted molar refractivity (Wildman–Crippen MR) is 98.8 cm³/mol. The first-order chi connectivity index (χ1) is 13.3. The van der Waals surface area contributed by atoms with Crippen molar-refractivity contribution in [3.63, 3.8) is 0 Å². The fraction of sp³-hybridized carbons (Fsp3) is 0.353. The number of aromatic nitrogens is 2. The van der Waals surface area contributed by atoms with Gasteiger partial charge in [0.05, 0.1) is 19.3 Å². The fourth-order valence-electron chi connectivity index (χ4n) is 2.35. The minimum Gasteiger partial charge on any atom is -0.480 e. The van der Waals surface area contributed by atoms with E-state index in [1.54, 1.807) is 6.92 Å². The molecule has 11 heteroatoms. The Kier molecular flexibility index (Phi) is 6.88. The Morgan fingerprint density at radius 1 is 1.29 bits per heavy atom. The number of hydrogen-bond donors (Lipinski definition) is 2. The molecule has 2 aromatic heterocycles.